The topological polar surface area (TPSA) is 109 Å². The van der Waals surface area contributed by atoms with Crippen LogP contribution in [0.25, 0.3) is 10.8 Å². The highest BCUT2D eigenvalue weighted by atomic mass is 16.5. The van der Waals surface area contributed by atoms with Crippen molar-refractivity contribution in [2.75, 3.05) is 27.9 Å². The number of carbonyl (C=O) groups is 2. The largest absolute Gasteiger partial charge is 0.497 e. The summed E-state index contributed by atoms with van der Waals surface area (Å²) >= 11 is 0. The molecule has 3 rings (SSSR count). The van der Waals surface area contributed by atoms with Crippen LogP contribution in [0.3, 0.4) is 0 Å². The van der Waals surface area contributed by atoms with E-state index in [9.17, 15) is 14.4 Å². The van der Waals surface area contributed by atoms with E-state index in [1.807, 2.05) is 0 Å². The number of ether oxygens (including phenoxy) is 3. The summed E-state index contributed by atoms with van der Waals surface area (Å²) in [6.45, 7) is -0.546. The first-order valence-corrected chi connectivity index (χ1v) is 9.03. The number of nitrogens with zero attached hydrogens (tertiary/aromatic N) is 2. The molecule has 1 heterocycles. The van der Waals surface area contributed by atoms with Gasteiger partial charge in [-0.2, -0.15) is 5.10 Å². The van der Waals surface area contributed by atoms with E-state index in [-0.39, 0.29) is 30.0 Å². The van der Waals surface area contributed by atoms with Crippen molar-refractivity contribution in [3.8, 4) is 17.2 Å². The molecule has 156 valence electrons. The smallest absolute Gasteiger partial charge is 0.279 e. The summed E-state index contributed by atoms with van der Waals surface area (Å²) in [5.41, 5.74) is -0.0613. The van der Waals surface area contributed by atoms with Crippen molar-refractivity contribution in [2.45, 2.75) is 6.54 Å². The molecular formula is C21H21N3O6. The molecule has 3 aromatic rings. The van der Waals surface area contributed by atoms with E-state index in [1.54, 1.807) is 36.4 Å². The minimum Gasteiger partial charge on any atom is -0.497 e. The van der Waals surface area contributed by atoms with Gasteiger partial charge >= 0.3 is 0 Å². The lowest BCUT2D eigenvalue weighted by Crippen LogP contribution is -2.36. The summed E-state index contributed by atoms with van der Waals surface area (Å²) in [6, 6.07) is 9.91. The van der Waals surface area contributed by atoms with Crippen molar-refractivity contribution < 1.29 is 23.8 Å². The standard InChI is InChI=1S/C21H21N3O6/c1-28-15-7-4-13(5-8-15)16(25)11-22-18(26)12-24-21(27)19-14(10-23-24)6-9-17(29-2)20(19)30-3/h4-10H,11-12H2,1-3H3,(H,22,26). The molecule has 1 amide bonds. The summed E-state index contributed by atoms with van der Waals surface area (Å²) in [5.74, 6) is 0.508. The molecule has 0 aliphatic carbocycles. The van der Waals surface area contributed by atoms with Gasteiger partial charge in [0.1, 0.15) is 12.3 Å². The molecule has 0 aliphatic heterocycles. The van der Waals surface area contributed by atoms with Crippen LogP contribution in [-0.2, 0) is 11.3 Å². The molecule has 2 aromatic carbocycles. The molecule has 0 radical (unpaired) electrons. The molecule has 0 fully saturated rings. The Balaban J connectivity index is 1.74. The lowest BCUT2D eigenvalue weighted by atomic mass is 10.1. The highest BCUT2D eigenvalue weighted by molar-refractivity contribution is 5.99. The fourth-order valence-corrected chi connectivity index (χ4v) is 2.95. The van der Waals surface area contributed by atoms with Gasteiger partial charge in [-0.1, -0.05) is 0 Å². The number of carbonyl (C=O) groups excluding carboxylic acids is 2. The van der Waals surface area contributed by atoms with Crippen LogP contribution in [0.2, 0.25) is 0 Å². The Morgan fingerprint density at radius 3 is 2.37 bits per heavy atom. The number of Topliss-reactive ketones (excluding diaryl/α,β-unsaturated/α-hetero) is 1. The third-order valence-corrected chi connectivity index (χ3v) is 4.51. The van der Waals surface area contributed by atoms with Gasteiger partial charge in [0.15, 0.2) is 17.3 Å². The number of rotatable bonds is 8. The van der Waals surface area contributed by atoms with Crippen molar-refractivity contribution >= 4 is 22.5 Å². The van der Waals surface area contributed by atoms with E-state index in [4.69, 9.17) is 14.2 Å². The molecule has 30 heavy (non-hydrogen) atoms. The van der Waals surface area contributed by atoms with Gasteiger partial charge in [0.2, 0.25) is 5.91 Å². The number of amides is 1. The fraction of sp³-hybridized carbons (Fsp3) is 0.238. The van der Waals surface area contributed by atoms with E-state index in [0.717, 1.165) is 4.68 Å². The first-order chi connectivity index (χ1) is 14.5. The summed E-state index contributed by atoms with van der Waals surface area (Å²) in [5, 5.41) is 7.36. The Hall–Kier alpha value is -3.88. The maximum Gasteiger partial charge on any atom is 0.279 e. The van der Waals surface area contributed by atoms with E-state index < -0.39 is 11.5 Å². The van der Waals surface area contributed by atoms with Crippen molar-refractivity contribution in [3.05, 3.63) is 58.5 Å². The number of ketones is 1. The monoisotopic (exact) mass is 411 g/mol. The molecule has 0 saturated carbocycles. The summed E-state index contributed by atoms with van der Waals surface area (Å²) in [7, 11) is 4.43. The van der Waals surface area contributed by atoms with Gasteiger partial charge in [0, 0.05) is 10.9 Å². The van der Waals surface area contributed by atoms with Crippen molar-refractivity contribution in [1.29, 1.82) is 0 Å². The highest BCUT2D eigenvalue weighted by Gasteiger charge is 2.16. The number of aromatic nitrogens is 2. The van der Waals surface area contributed by atoms with Gasteiger partial charge in [-0.3, -0.25) is 14.4 Å². The summed E-state index contributed by atoms with van der Waals surface area (Å²) in [4.78, 5) is 37.3. The molecule has 0 bridgehead atoms. The minimum atomic E-state index is -0.521. The molecule has 0 unspecified atom stereocenters. The Bertz CT molecular complexity index is 1140. The number of methoxy groups -OCH3 is 3. The van der Waals surface area contributed by atoms with Crippen LogP contribution in [0.4, 0.5) is 0 Å². The lowest BCUT2D eigenvalue weighted by Gasteiger charge is -2.12. The zero-order chi connectivity index (χ0) is 21.7. The van der Waals surface area contributed by atoms with Crippen LogP contribution in [0, 0.1) is 0 Å². The zero-order valence-electron chi connectivity index (χ0n) is 16.8. The van der Waals surface area contributed by atoms with Crippen LogP contribution in [-0.4, -0.2) is 49.3 Å². The molecule has 1 N–H and O–H groups in total. The van der Waals surface area contributed by atoms with Crippen LogP contribution in [0.15, 0.2) is 47.4 Å². The van der Waals surface area contributed by atoms with Crippen LogP contribution < -0.4 is 25.1 Å². The number of nitrogens with one attached hydrogen (secondary N) is 1. The first kappa shape index (κ1) is 20.8. The Kier molecular flexibility index (Phi) is 6.31. The maximum atomic E-state index is 12.8. The second-order valence-electron chi connectivity index (χ2n) is 6.30. The quantitative estimate of drug-likeness (QED) is 0.559. The minimum absolute atomic E-state index is 0.204. The summed E-state index contributed by atoms with van der Waals surface area (Å²) < 4.78 is 16.6. The Morgan fingerprint density at radius 2 is 1.73 bits per heavy atom. The SMILES string of the molecule is COc1ccc(C(=O)CNC(=O)Cn2ncc3ccc(OC)c(OC)c3c2=O)cc1. The number of hydrogen-bond donors (Lipinski definition) is 1. The van der Waals surface area contributed by atoms with E-state index in [2.05, 4.69) is 10.4 Å². The molecular weight excluding hydrogens is 390 g/mol. The number of fused-ring (bicyclic) bond motifs is 1. The van der Waals surface area contributed by atoms with E-state index >= 15 is 0 Å². The number of benzene rings is 2. The first-order valence-electron chi connectivity index (χ1n) is 9.03. The van der Waals surface area contributed by atoms with Crippen LogP contribution in [0.1, 0.15) is 10.4 Å². The molecule has 0 spiro atoms. The Morgan fingerprint density at radius 1 is 1.00 bits per heavy atom. The van der Waals surface area contributed by atoms with Crippen LogP contribution >= 0.6 is 0 Å². The molecule has 9 heteroatoms. The van der Waals surface area contributed by atoms with Gasteiger partial charge in [-0.05, 0) is 36.4 Å². The van der Waals surface area contributed by atoms with Crippen molar-refractivity contribution in [3.63, 3.8) is 0 Å². The normalized spacial score (nSPS) is 10.5. The lowest BCUT2D eigenvalue weighted by molar-refractivity contribution is -0.121. The third kappa shape index (κ3) is 4.24. The molecule has 0 saturated heterocycles. The second-order valence-corrected chi connectivity index (χ2v) is 6.30. The Labute approximate surface area is 172 Å². The second kappa shape index (κ2) is 9.08. The molecule has 1 aromatic heterocycles. The van der Waals surface area contributed by atoms with Crippen LogP contribution in [0.5, 0.6) is 17.2 Å². The zero-order valence-corrected chi connectivity index (χ0v) is 16.8. The average molecular weight is 411 g/mol. The number of hydrogen-bond acceptors (Lipinski definition) is 7. The fourth-order valence-electron chi connectivity index (χ4n) is 2.95. The van der Waals surface area contributed by atoms with Crippen molar-refractivity contribution in [2.24, 2.45) is 0 Å². The van der Waals surface area contributed by atoms with E-state index in [0.29, 0.717) is 22.4 Å². The maximum absolute atomic E-state index is 12.8. The van der Waals surface area contributed by atoms with Gasteiger partial charge in [-0.25, -0.2) is 4.68 Å². The average Bonchev–Trinajstić information content (AvgIpc) is 2.78. The predicted molar refractivity (Wildman–Crippen MR) is 109 cm³/mol. The van der Waals surface area contributed by atoms with Gasteiger partial charge in [-0.15, -0.1) is 0 Å². The molecule has 9 nitrogen and oxygen atoms in total. The van der Waals surface area contributed by atoms with Gasteiger partial charge in [0.25, 0.3) is 5.56 Å². The molecule has 0 aliphatic rings. The predicted octanol–water partition coefficient (Wildman–Crippen LogP) is 1.42. The van der Waals surface area contributed by atoms with Gasteiger partial charge < -0.3 is 19.5 Å². The summed E-state index contributed by atoms with van der Waals surface area (Å²) in [6.07, 6.45) is 1.47. The third-order valence-electron chi connectivity index (χ3n) is 4.51. The van der Waals surface area contributed by atoms with Gasteiger partial charge in [0.05, 0.1) is 39.5 Å². The molecule has 0 atom stereocenters. The van der Waals surface area contributed by atoms with E-state index in [1.165, 1.54) is 27.5 Å². The van der Waals surface area contributed by atoms with Crippen molar-refractivity contribution in [1.82, 2.24) is 15.1 Å². The highest BCUT2D eigenvalue weighted by Crippen LogP contribution is 2.32.